The second-order valence-electron chi connectivity index (χ2n) is 3.64. The monoisotopic (exact) mass is 171 g/mol. The van der Waals surface area contributed by atoms with Gasteiger partial charge in [-0.25, -0.2) is 0 Å². The molecule has 0 bridgehead atoms. The number of nitrogens with one attached hydrogen (secondary N) is 1. The smallest absolute Gasteiger partial charge is 0.118 e. The largest absolute Gasteiger partial charge is 0.364 e. The van der Waals surface area contributed by atoms with Crippen molar-refractivity contribution in [2.45, 2.75) is 51.2 Å². The van der Waals surface area contributed by atoms with Crippen molar-refractivity contribution in [3.8, 4) is 0 Å². The lowest BCUT2D eigenvalue weighted by molar-refractivity contribution is -0.0498. The van der Waals surface area contributed by atoms with E-state index in [9.17, 15) is 0 Å². The molecule has 1 aliphatic rings. The van der Waals surface area contributed by atoms with E-state index in [0.29, 0.717) is 0 Å². The van der Waals surface area contributed by atoms with E-state index in [-0.39, 0.29) is 5.72 Å². The minimum atomic E-state index is 0.00521. The number of methoxy groups -OCH3 is 1. The van der Waals surface area contributed by atoms with Crippen molar-refractivity contribution in [2.24, 2.45) is 0 Å². The fourth-order valence-electron chi connectivity index (χ4n) is 2.07. The molecule has 0 aliphatic heterocycles. The predicted octanol–water partition coefficient (Wildman–Crippen LogP) is 2.29. The Morgan fingerprint density at radius 3 is 2.17 bits per heavy atom. The molecule has 0 amide bonds. The van der Waals surface area contributed by atoms with Gasteiger partial charge in [0.05, 0.1) is 0 Å². The summed E-state index contributed by atoms with van der Waals surface area (Å²) in [6, 6.07) is 0. The summed E-state index contributed by atoms with van der Waals surface area (Å²) in [7, 11) is 1.83. The van der Waals surface area contributed by atoms with Gasteiger partial charge in [-0.05, 0) is 32.2 Å². The molecule has 1 fully saturated rings. The number of rotatable bonds is 3. The van der Waals surface area contributed by atoms with E-state index >= 15 is 0 Å². The van der Waals surface area contributed by atoms with Crippen molar-refractivity contribution < 1.29 is 4.74 Å². The average Bonchev–Trinajstić information content (AvgIpc) is 2.32. The molecule has 1 rings (SSSR count). The van der Waals surface area contributed by atoms with Crippen molar-refractivity contribution in [1.29, 1.82) is 0 Å². The molecule has 0 spiro atoms. The van der Waals surface area contributed by atoms with Crippen LogP contribution in [0.4, 0.5) is 0 Å². The van der Waals surface area contributed by atoms with Crippen molar-refractivity contribution in [3.63, 3.8) is 0 Å². The highest BCUT2D eigenvalue weighted by Gasteiger charge is 2.28. The van der Waals surface area contributed by atoms with Gasteiger partial charge in [0.1, 0.15) is 5.72 Å². The molecule has 0 radical (unpaired) electrons. The zero-order chi connectivity index (χ0) is 8.86. The van der Waals surface area contributed by atoms with Gasteiger partial charge in [-0.15, -0.1) is 0 Å². The van der Waals surface area contributed by atoms with Gasteiger partial charge in [-0.1, -0.05) is 19.8 Å². The molecular weight excluding hydrogens is 150 g/mol. The lowest BCUT2D eigenvalue weighted by Gasteiger charge is -2.32. The molecule has 1 N–H and O–H groups in total. The highest BCUT2D eigenvalue weighted by molar-refractivity contribution is 4.79. The minimum absolute atomic E-state index is 0.00521. The third kappa shape index (κ3) is 2.46. The van der Waals surface area contributed by atoms with E-state index < -0.39 is 0 Å². The summed E-state index contributed by atoms with van der Waals surface area (Å²) >= 11 is 0. The minimum Gasteiger partial charge on any atom is -0.364 e. The topological polar surface area (TPSA) is 21.3 Å². The summed E-state index contributed by atoms with van der Waals surface area (Å²) in [4.78, 5) is 0. The normalized spacial score (nSPS) is 23.5. The van der Waals surface area contributed by atoms with Crippen molar-refractivity contribution in [3.05, 3.63) is 0 Å². The fraction of sp³-hybridized carbons (Fsp3) is 1.00. The van der Waals surface area contributed by atoms with E-state index in [1.54, 1.807) is 0 Å². The van der Waals surface area contributed by atoms with E-state index in [1.807, 2.05) is 7.11 Å². The molecule has 12 heavy (non-hydrogen) atoms. The Hall–Kier alpha value is -0.0800. The van der Waals surface area contributed by atoms with Crippen LogP contribution in [-0.4, -0.2) is 19.4 Å². The Morgan fingerprint density at radius 2 is 1.75 bits per heavy atom. The molecule has 0 aromatic carbocycles. The van der Waals surface area contributed by atoms with Crippen LogP contribution in [0.5, 0.6) is 0 Å². The SMILES string of the molecule is CCNC1(OC)CCCCCC1. The number of hydrogen-bond acceptors (Lipinski definition) is 2. The molecule has 2 nitrogen and oxygen atoms in total. The van der Waals surface area contributed by atoms with Gasteiger partial charge >= 0.3 is 0 Å². The predicted molar refractivity (Wildman–Crippen MR) is 51.1 cm³/mol. The van der Waals surface area contributed by atoms with Crippen molar-refractivity contribution in [1.82, 2.24) is 5.32 Å². The van der Waals surface area contributed by atoms with E-state index in [0.717, 1.165) is 6.54 Å². The molecule has 0 heterocycles. The quantitative estimate of drug-likeness (QED) is 0.519. The van der Waals surface area contributed by atoms with Crippen LogP contribution < -0.4 is 5.32 Å². The van der Waals surface area contributed by atoms with Gasteiger partial charge in [0.25, 0.3) is 0 Å². The Balaban J connectivity index is 2.48. The third-order valence-corrected chi connectivity index (χ3v) is 2.80. The van der Waals surface area contributed by atoms with Crippen LogP contribution in [0.25, 0.3) is 0 Å². The van der Waals surface area contributed by atoms with Crippen LogP contribution >= 0.6 is 0 Å². The van der Waals surface area contributed by atoms with Crippen molar-refractivity contribution >= 4 is 0 Å². The molecule has 1 saturated carbocycles. The van der Waals surface area contributed by atoms with Gasteiger partial charge in [0.15, 0.2) is 0 Å². The molecule has 72 valence electrons. The van der Waals surface area contributed by atoms with Gasteiger partial charge in [-0.2, -0.15) is 0 Å². The Labute approximate surface area is 75.7 Å². The Bertz CT molecular complexity index is 117. The lowest BCUT2D eigenvalue weighted by Crippen LogP contribution is -2.46. The summed E-state index contributed by atoms with van der Waals surface area (Å²) in [6.07, 6.45) is 7.71. The molecule has 0 atom stereocenters. The van der Waals surface area contributed by atoms with Gasteiger partial charge in [-0.3, -0.25) is 5.32 Å². The first-order valence-corrected chi connectivity index (χ1v) is 5.13. The summed E-state index contributed by atoms with van der Waals surface area (Å²) in [5.41, 5.74) is 0.00521. The zero-order valence-electron chi connectivity index (χ0n) is 8.36. The second-order valence-corrected chi connectivity index (χ2v) is 3.64. The number of hydrogen-bond donors (Lipinski definition) is 1. The molecule has 1 aliphatic carbocycles. The standard InChI is InChI=1S/C10H21NO/c1-3-11-10(12-2)8-6-4-5-7-9-10/h11H,3-9H2,1-2H3. The van der Waals surface area contributed by atoms with E-state index in [1.165, 1.54) is 38.5 Å². The lowest BCUT2D eigenvalue weighted by atomic mass is 10.0. The first kappa shape index (κ1) is 10.0. The summed E-state index contributed by atoms with van der Waals surface area (Å²) in [5.74, 6) is 0. The zero-order valence-corrected chi connectivity index (χ0v) is 8.36. The molecule has 0 unspecified atom stereocenters. The maximum absolute atomic E-state index is 5.59. The maximum Gasteiger partial charge on any atom is 0.118 e. The molecular formula is C10H21NO. The van der Waals surface area contributed by atoms with Crippen LogP contribution in [0.2, 0.25) is 0 Å². The van der Waals surface area contributed by atoms with Crippen LogP contribution in [0, 0.1) is 0 Å². The average molecular weight is 171 g/mol. The molecule has 2 heteroatoms. The molecule has 0 aromatic heterocycles. The van der Waals surface area contributed by atoms with Crippen LogP contribution in [0.3, 0.4) is 0 Å². The Morgan fingerprint density at radius 1 is 1.17 bits per heavy atom. The fourth-order valence-corrected chi connectivity index (χ4v) is 2.07. The summed E-state index contributed by atoms with van der Waals surface area (Å²) < 4.78 is 5.59. The second kappa shape index (κ2) is 4.83. The van der Waals surface area contributed by atoms with Gasteiger partial charge in [0, 0.05) is 7.11 Å². The summed E-state index contributed by atoms with van der Waals surface area (Å²) in [5, 5.41) is 3.47. The van der Waals surface area contributed by atoms with Gasteiger partial charge in [0.2, 0.25) is 0 Å². The van der Waals surface area contributed by atoms with E-state index in [2.05, 4.69) is 12.2 Å². The van der Waals surface area contributed by atoms with Crippen LogP contribution in [0.15, 0.2) is 0 Å². The number of ether oxygens (including phenoxy) is 1. The first-order chi connectivity index (χ1) is 5.83. The highest BCUT2D eigenvalue weighted by atomic mass is 16.5. The van der Waals surface area contributed by atoms with E-state index in [4.69, 9.17) is 4.74 Å². The van der Waals surface area contributed by atoms with Crippen LogP contribution in [0.1, 0.15) is 45.4 Å². The molecule has 0 saturated heterocycles. The van der Waals surface area contributed by atoms with Crippen molar-refractivity contribution in [2.75, 3.05) is 13.7 Å². The first-order valence-electron chi connectivity index (χ1n) is 5.13. The van der Waals surface area contributed by atoms with Crippen LogP contribution in [-0.2, 0) is 4.74 Å². The van der Waals surface area contributed by atoms with Gasteiger partial charge < -0.3 is 4.74 Å². The highest BCUT2D eigenvalue weighted by Crippen LogP contribution is 2.27. The maximum atomic E-state index is 5.59. The summed E-state index contributed by atoms with van der Waals surface area (Å²) in [6.45, 7) is 3.15. The molecule has 0 aromatic rings. The third-order valence-electron chi connectivity index (χ3n) is 2.80. The Kier molecular flexibility index (Phi) is 4.02.